The summed E-state index contributed by atoms with van der Waals surface area (Å²) in [5.41, 5.74) is 3.91. The molecule has 8 heteroatoms. The molecule has 0 spiro atoms. The molecule has 0 aliphatic heterocycles. The van der Waals surface area contributed by atoms with Crippen molar-refractivity contribution >= 4 is 11.4 Å². The zero-order valence-corrected chi connectivity index (χ0v) is 18.5. The predicted molar refractivity (Wildman–Crippen MR) is 125 cm³/mol. The first-order chi connectivity index (χ1) is 16.3. The molecule has 0 amide bonds. The first-order valence-corrected chi connectivity index (χ1v) is 11.1. The summed E-state index contributed by atoms with van der Waals surface area (Å²) in [6.45, 7) is 0.636. The van der Waals surface area contributed by atoms with E-state index in [0.29, 0.717) is 6.54 Å². The number of aromatic nitrogens is 5. The fourth-order valence-electron chi connectivity index (χ4n) is 4.19. The Labute approximate surface area is 192 Å². The SMILES string of the molecule is COc1ccc(N(Cc2cccnc2)c2cccc(-n3ncnn3)c2)cc1OC1CCCC1. The molecular weight excluding hydrogens is 416 g/mol. The van der Waals surface area contributed by atoms with Crippen LogP contribution in [0.2, 0.25) is 0 Å². The first kappa shape index (κ1) is 20.9. The van der Waals surface area contributed by atoms with Gasteiger partial charge < -0.3 is 14.4 Å². The van der Waals surface area contributed by atoms with Crippen LogP contribution in [-0.4, -0.2) is 38.4 Å². The highest BCUT2D eigenvalue weighted by Gasteiger charge is 2.20. The van der Waals surface area contributed by atoms with Gasteiger partial charge in [0, 0.05) is 36.4 Å². The van der Waals surface area contributed by atoms with Crippen molar-refractivity contribution in [2.75, 3.05) is 12.0 Å². The van der Waals surface area contributed by atoms with E-state index in [9.17, 15) is 0 Å². The van der Waals surface area contributed by atoms with Crippen LogP contribution in [-0.2, 0) is 6.54 Å². The van der Waals surface area contributed by atoms with E-state index in [1.807, 2.05) is 36.5 Å². The van der Waals surface area contributed by atoms with Gasteiger partial charge in [-0.2, -0.15) is 0 Å². The molecule has 1 aliphatic carbocycles. The molecule has 1 fully saturated rings. The first-order valence-electron chi connectivity index (χ1n) is 11.1. The van der Waals surface area contributed by atoms with Crippen molar-refractivity contribution in [3.05, 3.63) is 78.9 Å². The number of hydrogen-bond acceptors (Lipinski definition) is 7. The molecule has 2 aromatic carbocycles. The fraction of sp³-hybridized carbons (Fsp3) is 0.280. The van der Waals surface area contributed by atoms with Gasteiger partial charge in [-0.3, -0.25) is 4.98 Å². The summed E-state index contributed by atoms with van der Waals surface area (Å²) in [5, 5.41) is 12.0. The van der Waals surface area contributed by atoms with Crippen molar-refractivity contribution in [3.63, 3.8) is 0 Å². The van der Waals surface area contributed by atoms with E-state index in [-0.39, 0.29) is 6.10 Å². The number of anilines is 2. The lowest BCUT2D eigenvalue weighted by molar-refractivity contribution is 0.201. The largest absolute Gasteiger partial charge is 0.493 e. The maximum atomic E-state index is 6.36. The molecular formula is C25H26N6O2. The highest BCUT2D eigenvalue weighted by Crippen LogP contribution is 2.38. The van der Waals surface area contributed by atoms with E-state index in [1.54, 1.807) is 13.3 Å². The number of pyridine rings is 1. The highest BCUT2D eigenvalue weighted by molar-refractivity contribution is 5.68. The summed E-state index contributed by atoms with van der Waals surface area (Å²) in [6.07, 6.45) is 9.92. The predicted octanol–water partition coefficient (Wildman–Crippen LogP) is 4.73. The van der Waals surface area contributed by atoms with Crippen molar-refractivity contribution in [1.29, 1.82) is 0 Å². The average molecular weight is 443 g/mol. The third-order valence-electron chi connectivity index (χ3n) is 5.84. The summed E-state index contributed by atoms with van der Waals surface area (Å²) < 4.78 is 12.0. The van der Waals surface area contributed by atoms with Gasteiger partial charge in [-0.05, 0) is 72.9 Å². The van der Waals surface area contributed by atoms with Gasteiger partial charge in [-0.15, -0.1) is 15.0 Å². The van der Waals surface area contributed by atoms with Crippen molar-refractivity contribution in [1.82, 2.24) is 25.2 Å². The highest BCUT2D eigenvalue weighted by atomic mass is 16.5. The second kappa shape index (κ2) is 9.68. The minimum atomic E-state index is 0.239. The van der Waals surface area contributed by atoms with Crippen molar-refractivity contribution in [2.45, 2.75) is 38.3 Å². The van der Waals surface area contributed by atoms with Crippen LogP contribution in [0.1, 0.15) is 31.2 Å². The van der Waals surface area contributed by atoms with Gasteiger partial charge in [0.25, 0.3) is 0 Å². The molecule has 168 valence electrons. The standard InChI is InChI=1S/C25H26N6O2/c1-32-24-12-11-21(15-25(24)33-23-9-2-3-10-23)30(17-19-6-5-13-26-16-19)20-7-4-8-22(14-20)31-28-18-27-29-31/h4-8,11-16,18,23H,2-3,9-10,17H2,1H3. The molecule has 0 saturated heterocycles. The van der Waals surface area contributed by atoms with Crippen LogP contribution in [0, 0.1) is 0 Å². The zero-order chi connectivity index (χ0) is 22.5. The molecule has 33 heavy (non-hydrogen) atoms. The molecule has 0 N–H and O–H groups in total. The Kier molecular flexibility index (Phi) is 6.14. The van der Waals surface area contributed by atoms with E-state index in [1.165, 1.54) is 24.0 Å². The monoisotopic (exact) mass is 442 g/mol. The summed E-state index contributed by atoms with van der Waals surface area (Å²) in [5.74, 6) is 1.51. The van der Waals surface area contributed by atoms with Gasteiger partial charge in [0.2, 0.25) is 0 Å². The van der Waals surface area contributed by atoms with Gasteiger partial charge in [-0.1, -0.05) is 12.1 Å². The topological polar surface area (TPSA) is 78.2 Å². The minimum absolute atomic E-state index is 0.239. The van der Waals surface area contributed by atoms with Crippen LogP contribution in [0.5, 0.6) is 11.5 Å². The van der Waals surface area contributed by atoms with Gasteiger partial charge in [0.1, 0.15) is 0 Å². The van der Waals surface area contributed by atoms with Crippen LogP contribution in [0.3, 0.4) is 0 Å². The molecule has 1 aliphatic rings. The Morgan fingerprint density at radius 3 is 2.64 bits per heavy atom. The second-order valence-electron chi connectivity index (χ2n) is 8.05. The number of nitrogens with zero attached hydrogens (tertiary/aromatic N) is 6. The molecule has 4 aromatic rings. The average Bonchev–Trinajstić information content (AvgIpc) is 3.58. The second-order valence-corrected chi connectivity index (χ2v) is 8.05. The summed E-state index contributed by atoms with van der Waals surface area (Å²) in [6, 6.07) is 18.2. The lowest BCUT2D eigenvalue weighted by atomic mass is 10.1. The lowest BCUT2D eigenvalue weighted by Crippen LogP contribution is -2.18. The number of ether oxygens (including phenoxy) is 2. The third-order valence-corrected chi connectivity index (χ3v) is 5.84. The van der Waals surface area contributed by atoms with Crippen molar-refractivity contribution in [2.24, 2.45) is 0 Å². The van der Waals surface area contributed by atoms with Gasteiger partial charge in [-0.25, -0.2) is 0 Å². The Balaban J connectivity index is 1.54. The Morgan fingerprint density at radius 2 is 1.88 bits per heavy atom. The van der Waals surface area contributed by atoms with Crippen LogP contribution in [0.15, 0.2) is 73.3 Å². The Bertz CT molecular complexity index is 1180. The van der Waals surface area contributed by atoms with Crippen LogP contribution < -0.4 is 14.4 Å². The molecule has 0 radical (unpaired) electrons. The summed E-state index contributed by atoms with van der Waals surface area (Å²) in [4.78, 5) is 8.02. The molecule has 5 rings (SSSR count). The molecule has 2 heterocycles. The molecule has 0 unspecified atom stereocenters. The number of tetrazole rings is 1. The van der Waals surface area contributed by atoms with E-state index < -0.39 is 0 Å². The van der Waals surface area contributed by atoms with Gasteiger partial charge in [0.15, 0.2) is 17.8 Å². The van der Waals surface area contributed by atoms with Gasteiger partial charge in [0.05, 0.1) is 18.9 Å². The van der Waals surface area contributed by atoms with Crippen LogP contribution in [0.4, 0.5) is 11.4 Å². The molecule has 0 bridgehead atoms. The summed E-state index contributed by atoms with van der Waals surface area (Å²) >= 11 is 0. The molecule has 0 atom stereocenters. The number of methoxy groups -OCH3 is 1. The lowest BCUT2D eigenvalue weighted by Gasteiger charge is -2.27. The molecule has 1 saturated carbocycles. The third kappa shape index (κ3) is 4.79. The molecule has 8 nitrogen and oxygen atoms in total. The van der Waals surface area contributed by atoms with Gasteiger partial charge >= 0.3 is 0 Å². The van der Waals surface area contributed by atoms with Crippen molar-refractivity contribution < 1.29 is 9.47 Å². The zero-order valence-electron chi connectivity index (χ0n) is 18.5. The van der Waals surface area contributed by atoms with Crippen LogP contribution in [0.25, 0.3) is 5.69 Å². The maximum absolute atomic E-state index is 6.36. The Hall–Kier alpha value is -3.94. The number of rotatable bonds is 8. The minimum Gasteiger partial charge on any atom is -0.493 e. The Morgan fingerprint density at radius 1 is 1.00 bits per heavy atom. The van der Waals surface area contributed by atoms with E-state index >= 15 is 0 Å². The smallest absolute Gasteiger partial charge is 0.163 e. The van der Waals surface area contributed by atoms with E-state index in [2.05, 4.69) is 49.6 Å². The molecule has 2 aromatic heterocycles. The fourth-order valence-corrected chi connectivity index (χ4v) is 4.19. The normalized spacial score (nSPS) is 13.7. The van der Waals surface area contributed by atoms with E-state index in [0.717, 1.165) is 47.0 Å². The summed E-state index contributed by atoms with van der Waals surface area (Å²) in [7, 11) is 1.68. The maximum Gasteiger partial charge on any atom is 0.163 e. The van der Waals surface area contributed by atoms with Crippen LogP contribution >= 0.6 is 0 Å². The quantitative estimate of drug-likeness (QED) is 0.390. The number of hydrogen-bond donors (Lipinski definition) is 0. The van der Waals surface area contributed by atoms with Crippen molar-refractivity contribution in [3.8, 4) is 17.2 Å². The van der Waals surface area contributed by atoms with E-state index in [4.69, 9.17) is 9.47 Å². The number of benzene rings is 2.